The highest BCUT2D eigenvalue weighted by molar-refractivity contribution is 9.10. The summed E-state index contributed by atoms with van der Waals surface area (Å²) in [4.78, 5) is 24.5. The first kappa shape index (κ1) is 15.8. The molecule has 2 rings (SSSR count). The van der Waals surface area contributed by atoms with Crippen LogP contribution in [0.4, 0.5) is 4.79 Å². The van der Waals surface area contributed by atoms with Gasteiger partial charge in [0.2, 0.25) is 0 Å². The van der Waals surface area contributed by atoms with Crippen molar-refractivity contribution in [3.8, 4) is 0 Å². The van der Waals surface area contributed by atoms with Crippen LogP contribution in [0.3, 0.4) is 0 Å². The molecule has 1 aliphatic heterocycles. The second-order valence-corrected chi connectivity index (χ2v) is 6.05. The molecule has 1 unspecified atom stereocenters. The number of amides is 2. The minimum Gasteiger partial charge on any atom is -0.481 e. The first-order chi connectivity index (χ1) is 10.1. The molecule has 1 aromatic rings. The van der Waals surface area contributed by atoms with E-state index < -0.39 is 5.97 Å². The monoisotopic (exact) mass is 354 g/mol. The maximum Gasteiger partial charge on any atom is 0.317 e. The van der Waals surface area contributed by atoms with Crippen molar-refractivity contribution in [2.24, 2.45) is 0 Å². The van der Waals surface area contributed by atoms with E-state index >= 15 is 0 Å². The molecule has 1 saturated heterocycles. The minimum absolute atomic E-state index is 0.0787. The highest BCUT2D eigenvalue weighted by atomic mass is 79.9. The summed E-state index contributed by atoms with van der Waals surface area (Å²) in [5, 5.41) is 11.4. The molecule has 21 heavy (non-hydrogen) atoms. The number of carboxylic acids is 1. The quantitative estimate of drug-likeness (QED) is 0.798. The lowest BCUT2D eigenvalue weighted by Crippen LogP contribution is -2.40. The van der Waals surface area contributed by atoms with Crippen molar-refractivity contribution in [3.63, 3.8) is 0 Å². The second-order valence-electron chi connectivity index (χ2n) is 5.14. The van der Waals surface area contributed by atoms with E-state index in [9.17, 15) is 9.59 Å². The molecule has 6 heteroatoms. The summed E-state index contributed by atoms with van der Waals surface area (Å²) in [6.45, 7) is 1.13. The van der Waals surface area contributed by atoms with Gasteiger partial charge in [0.05, 0.1) is 6.04 Å². The van der Waals surface area contributed by atoms with E-state index in [1.807, 2.05) is 29.2 Å². The Kier molecular flexibility index (Phi) is 5.61. The number of urea groups is 1. The Balaban J connectivity index is 1.92. The van der Waals surface area contributed by atoms with E-state index in [0.717, 1.165) is 29.4 Å². The van der Waals surface area contributed by atoms with Gasteiger partial charge in [-0.05, 0) is 37.0 Å². The average Bonchev–Trinajstić information content (AvgIpc) is 2.92. The summed E-state index contributed by atoms with van der Waals surface area (Å²) in [7, 11) is 0. The van der Waals surface area contributed by atoms with Crippen molar-refractivity contribution in [1.29, 1.82) is 0 Å². The van der Waals surface area contributed by atoms with Crippen LogP contribution in [0.25, 0.3) is 0 Å². The molecule has 114 valence electrons. The van der Waals surface area contributed by atoms with Crippen molar-refractivity contribution in [2.45, 2.75) is 31.7 Å². The number of carboxylic acid groups (broad SMARTS) is 1. The van der Waals surface area contributed by atoms with E-state index in [2.05, 4.69) is 21.2 Å². The largest absolute Gasteiger partial charge is 0.481 e. The fourth-order valence-corrected chi connectivity index (χ4v) is 3.02. The van der Waals surface area contributed by atoms with Crippen LogP contribution in [0, 0.1) is 0 Å². The van der Waals surface area contributed by atoms with E-state index in [1.54, 1.807) is 0 Å². The number of aliphatic carboxylic acids is 1. The Labute approximate surface area is 132 Å². The Bertz CT molecular complexity index is 521. The number of carbonyl (C=O) groups excluding carboxylic acids is 1. The summed E-state index contributed by atoms with van der Waals surface area (Å²) in [6.07, 6.45) is 2.48. The van der Waals surface area contributed by atoms with Gasteiger partial charge < -0.3 is 15.3 Å². The highest BCUT2D eigenvalue weighted by Gasteiger charge is 2.29. The number of benzene rings is 1. The molecule has 1 atom stereocenters. The highest BCUT2D eigenvalue weighted by Crippen LogP contribution is 2.32. The maximum absolute atomic E-state index is 12.2. The number of nitrogens with one attached hydrogen (secondary N) is 1. The van der Waals surface area contributed by atoms with Crippen molar-refractivity contribution in [1.82, 2.24) is 10.2 Å². The summed E-state index contributed by atoms with van der Waals surface area (Å²) in [6, 6.07) is 8.01. The lowest BCUT2D eigenvalue weighted by atomic mass is 10.1. The molecule has 0 aliphatic carbocycles. The summed E-state index contributed by atoms with van der Waals surface area (Å²) in [5.41, 5.74) is 1.13. The second kappa shape index (κ2) is 7.45. The number of halogens is 1. The molecule has 0 spiro atoms. The third-order valence-electron chi connectivity index (χ3n) is 3.59. The fourth-order valence-electron chi connectivity index (χ4n) is 2.61. The van der Waals surface area contributed by atoms with Crippen LogP contribution in [-0.4, -0.2) is 35.1 Å². The van der Waals surface area contributed by atoms with Gasteiger partial charge in [-0.15, -0.1) is 0 Å². The molecule has 1 aliphatic rings. The Morgan fingerprint density at radius 3 is 2.95 bits per heavy atom. The SMILES string of the molecule is O=C(O)CCCNC(=O)N1CCCC1c1cccc(Br)c1. The van der Waals surface area contributed by atoms with E-state index in [-0.39, 0.29) is 18.5 Å². The Hall–Kier alpha value is -1.56. The number of hydrogen-bond donors (Lipinski definition) is 2. The van der Waals surface area contributed by atoms with Gasteiger partial charge in [-0.25, -0.2) is 4.79 Å². The van der Waals surface area contributed by atoms with Crippen molar-refractivity contribution in [3.05, 3.63) is 34.3 Å². The van der Waals surface area contributed by atoms with E-state index in [4.69, 9.17) is 5.11 Å². The predicted octanol–water partition coefficient (Wildman–Crippen LogP) is 3.16. The standard InChI is InChI=1S/C15H19BrN2O3/c16-12-5-1-4-11(10-12)13-6-3-9-18(13)15(21)17-8-2-7-14(19)20/h1,4-5,10,13H,2-3,6-9H2,(H,17,21)(H,19,20). The maximum atomic E-state index is 12.2. The molecule has 1 heterocycles. The molecule has 2 amide bonds. The van der Waals surface area contributed by atoms with Crippen molar-refractivity contribution in [2.75, 3.05) is 13.1 Å². The molecule has 5 nitrogen and oxygen atoms in total. The first-order valence-corrected chi connectivity index (χ1v) is 7.89. The molecule has 0 aromatic heterocycles. The van der Waals surface area contributed by atoms with Crippen molar-refractivity contribution < 1.29 is 14.7 Å². The zero-order valence-corrected chi connectivity index (χ0v) is 13.3. The normalized spacial score (nSPS) is 17.8. The number of rotatable bonds is 5. The van der Waals surface area contributed by atoms with Crippen LogP contribution in [-0.2, 0) is 4.79 Å². The summed E-state index contributed by atoms with van der Waals surface area (Å²) >= 11 is 3.46. The first-order valence-electron chi connectivity index (χ1n) is 7.09. The van der Waals surface area contributed by atoms with Gasteiger partial charge in [-0.2, -0.15) is 0 Å². The number of hydrogen-bond acceptors (Lipinski definition) is 2. The third kappa shape index (κ3) is 4.46. The zero-order valence-electron chi connectivity index (χ0n) is 11.7. The van der Waals surface area contributed by atoms with Gasteiger partial charge >= 0.3 is 12.0 Å². The van der Waals surface area contributed by atoms with Gasteiger partial charge in [0, 0.05) is 24.0 Å². The molecular weight excluding hydrogens is 336 g/mol. The fraction of sp³-hybridized carbons (Fsp3) is 0.467. The Morgan fingerprint density at radius 2 is 2.24 bits per heavy atom. The van der Waals surface area contributed by atoms with Crippen LogP contribution in [0.2, 0.25) is 0 Å². The molecule has 1 fully saturated rings. The van der Waals surface area contributed by atoms with Gasteiger partial charge in [-0.1, -0.05) is 28.1 Å². The van der Waals surface area contributed by atoms with Gasteiger partial charge in [0.1, 0.15) is 0 Å². The van der Waals surface area contributed by atoms with Crippen LogP contribution < -0.4 is 5.32 Å². The lowest BCUT2D eigenvalue weighted by molar-refractivity contribution is -0.137. The predicted molar refractivity (Wildman–Crippen MR) is 83.1 cm³/mol. The molecule has 0 bridgehead atoms. The van der Waals surface area contributed by atoms with Crippen LogP contribution in [0.1, 0.15) is 37.3 Å². The van der Waals surface area contributed by atoms with Crippen LogP contribution in [0.15, 0.2) is 28.7 Å². The minimum atomic E-state index is -0.836. The van der Waals surface area contributed by atoms with Gasteiger partial charge in [0.25, 0.3) is 0 Å². The van der Waals surface area contributed by atoms with Crippen LogP contribution in [0.5, 0.6) is 0 Å². The van der Waals surface area contributed by atoms with Crippen LogP contribution >= 0.6 is 15.9 Å². The molecular formula is C15H19BrN2O3. The van der Waals surface area contributed by atoms with Gasteiger partial charge in [0.15, 0.2) is 0 Å². The molecule has 2 N–H and O–H groups in total. The van der Waals surface area contributed by atoms with E-state index in [1.165, 1.54) is 0 Å². The zero-order chi connectivity index (χ0) is 15.2. The molecule has 0 saturated carbocycles. The van der Waals surface area contributed by atoms with Crippen molar-refractivity contribution >= 4 is 27.9 Å². The smallest absolute Gasteiger partial charge is 0.317 e. The lowest BCUT2D eigenvalue weighted by Gasteiger charge is -2.25. The Morgan fingerprint density at radius 1 is 1.43 bits per heavy atom. The summed E-state index contributed by atoms with van der Waals surface area (Å²) in [5.74, 6) is -0.836. The van der Waals surface area contributed by atoms with E-state index in [0.29, 0.717) is 13.0 Å². The number of carbonyl (C=O) groups is 2. The topological polar surface area (TPSA) is 69.6 Å². The van der Waals surface area contributed by atoms with Gasteiger partial charge in [-0.3, -0.25) is 4.79 Å². The summed E-state index contributed by atoms with van der Waals surface area (Å²) < 4.78 is 1.01. The number of likely N-dealkylation sites (tertiary alicyclic amines) is 1. The molecule has 1 aromatic carbocycles. The third-order valence-corrected chi connectivity index (χ3v) is 4.08. The average molecular weight is 355 g/mol. The number of nitrogens with zero attached hydrogens (tertiary/aromatic N) is 1. The molecule has 0 radical (unpaired) electrons.